The van der Waals surface area contributed by atoms with Gasteiger partial charge >= 0.3 is 5.97 Å². The van der Waals surface area contributed by atoms with Gasteiger partial charge in [-0.25, -0.2) is 4.79 Å². The van der Waals surface area contributed by atoms with E-state index >= 15 is 0 Å². The molecule has 2 N–H and O–H groups in total. The van der Waals surface area contributed by atoms with Crippen molar-refractivity contribution >= 4 is 5.97 Å². The number of esters is 1. The molecule has 0 aromatic heterocycles. The maximum atomic E-state index is 11.7. The summed E-state index contributed by atoms with van der Waals surface area (Å²) in [6.45, 7) is 5.88. The molecule has 19 heavy (non-hydrogen) atoms. The molecule has 0 amide bonds. The van der Waals surface area contributed by atoms with Crippen LogP contribution >= 0.6 is 0 Å². The van der Waals surface area contributed by atoms with Crippen LogP contribution in [0.5, 0.6) is 0 Å². The Labute approximate surface area is 112 Å². The van der Waals surface area contributed by atoms with Gasteiger partial charge in [-0.05, 0) is 32.1 Å². The molecule has 3 rings (SSSR count). The first kappa shape index (κ1) is 12.9. The molecule has 0 bridgehead atoms. The Morgan fingerprint density at radius 3 is 2.79 bits per heavy atom. The molecule has 4 atom stereocenters. The third kappa shape index (κ3) is 1.56. The second kappa shape index (κ2) is 3.70. The molecule has 0 unspecified atom stereocenters. The number of fused-ring (bicyclic) bond motifs is 2. The lowest BCUT2D eigenvalue weighted by atomic mass is 9.56. The van der Waals surface area contributed by atoms with Crippen molar-refractivity contribution in [3.05, 3.63) is 22.8 Å². The lowest BCUT2D eigenvalue weighted by molar-refractivity contribution is -0.204. The van der Waals surface area contributed by atoms with Crippen molar-refractivity contribution in [3.8, 4) is 0 Å². The van der Waals surface area contributed by atoms with E-state index in [1.165, 1.54) is 5.57 Å². The summed E-state index contributed by atoms with van der Waals surface area (Å²) in [5.74, 6) is -2.01. The monoisotopic (exact) mass is 264 g/mol. The minimum Gasteiger partial charge on any atom is -0.426 e. The smallest absolute Gasteiger partial charge is 0.336 e. The first-order valence-corrected chi connectivity index (χ1v) is 6.79. The summed E-state index contributed by atoms with van der Waals surface area (Å²) in [5.41, 5.74) is 2.24. The average molecular weight is 264 g/mol. The fourth-order valence-electron chi connectivity index (χ4n) is 3.85. The van der Waals surface area contributed by atoms with Gasteiger partial charge < -0.3 is 14.9 Å². The lowest BCUT2D eigenvalue weighted by Crippen LogP contribution is -2.51. The van der Waals surface area contributed by atoms with E-state index in [-0.39, 0.29) is 17.8 Å². The van der Waals surface area contributed by atoms with Crippen LogP contribution in [-0.2, 0) is 9.53 Å². The highest BCUT2D eigenvalue weighted by atomic mass is 16.7. The summed E-state index contributed by atoms with van der Waals surface area (Å²) >= 11 is 0. The highest BCUT2D eigenvalue weighted by Gasteiger charge is 2.58. The lowest BCUT2D eigenvalue weighted by Gasteiger charge is -2.51. The molecule has 4 nitrogen and oxygen atoms in total. The van der Waals surface area contributed by atoms with E-state index in [1.54, 1.807) is 6.92 Å². The van der Waals surface area contributed by atoms with Crippen LogP contribution in [0.2, 0.25) is 0 Å². The Kier molecular flexibility index (Phi) is 2.51. The summed E-state index contributed by atoms with van der Waals surface area (Å²) < 4.78 is 5.15. The van der Waals surface area contributed by atoms with Crippen molar-refractivity contribution in [2.24, 2.45) is 11.3 Å². The number of hydrogen-bond donors (Lipinski definition) is 2. The van der Waals surface area contributed by atoms with E-state index in [0.717, 1.165) is 0 Å². The Morgan fingerprint density at radius 2 is 2.11 bits per heavy atom. The van der Waals surface area contributed by atoms with Gasteiger partial charge in [-0.3, -0.25) is 0 Å². The molecule has 1 fully saturated rings. The minimum absolute atomic E-state index is 0.0788. The molecule has 0 radical (unpaired) electrons. The van der Waals surface area contributed by atoms with Crippen LogP contribution in [0, 0.1) is 11.3 Å². The molecule has 0 saturated heterocycles. The van der Waals surface area contributed by atoms with Crippen molar-refractivity contribution in [2.75, 3.05) is 0 Å². The average Bonchev–Trinajstić information content (AvgIpc) is 2.55. The van der Waals surface area contributed by atoms with E-state index < -0.39 is 17.9 Å². The second-order valence-corrected chi connectivity index (χ2v) is 6.37. The number of allylic oxidation sites excluding steroid dienone is 1. The molecule has 2 aliphatic carbocycles. The van der Waals surface area contributed by atoms with Gasteiger partial charge in [0.25, 0.3) is 0 Å². The summed E-state index contributed by atoms with van der Waals surface area (Å²) in [5, 5.41) is 20.8. The van der Waals surface area contributed by atoms with Gasteiger partial charge in [0.1, 0.15) is 0 Å². The number of carbonyl (C=O) groups excluding carboxylic acids is 1. The van der Waals surface area contributed by atoms with Crippen LogP contribution in [0.25, 0.3) is 0 Å². The molecule has 0 aromatic rings. The van der Waals surface area contributed by atoms with Gasteiger partial charge in [0.05, 0.1) is 6.10 Å². The van der Waals surface area contributed by atoms with Crippen LogP contribution < -0.4 is 0 Å². The van der Waals surface area contributed by atoms with Gasteiger partial charge in [-0.15, -0.1) is 0 Å². The maximum absolute atomic E-state index is 11.7. The molecular formula is C15H20O4. The van der Waals surface area contributed by atoms with Gasteiger partial charge in [-0.2, -0.15) is 0 Å². The SMILES string of the molecule is CC1=CC[C@H](O)[C@H]2C[C@]3(O)OC(=O)C(C)=C3C[C@]12C. The standard InChI is InChI=1S/C15H20O4/c1-8-4-5-12(16)11-7-15(18)10(6-14(8,11)3)9(2)13(17)19-15/h4,11-12,16,18H,5-7H2,1-3H3/t11-,12+,14-,15+/m1/s1. The number of carbonyl (C=O) groups is 1. The quantitative estimate of drug-likeness (QED) is 0.516. The van der Waals surface area contributed by atoms with E-state index in [1.807, 2.05) is 0 Å². The first-order chi connectivity index (χ1) is 8.78. The summed E-state index contributed by atoms with van der Waals surface area (Å²) in [4.78, 5) is 11.7. The molecule has 0 spiro atoms. The van der Waals surface area contributed by atoms with Crippen LogP contribution in [0.4, 0.5) is 0 Å². The number of rotatable bonds is 0. The van der Waals surface area contributed by atoms with E-state index in [0.29, 0.717) is 24.0 Å². The zero-order chi connectivity index (χ0) is 14.0. The third-order valence-electron chi connectivity index (χ3n) is 5.38. The number of ether oxygens (including phenoxy) is 1. The highest BCUT2D eigenvalue weighted by molar-refractivity contribution is 5.92. The normalized spacial score (nSPS) is 45.5. The highest BCUT2D eigenvalue weighted by Crippen LogP contribution is 2.57. The number of aliphatic hydroxyl groups is 2. The molecule has 104 valence electrons. The van der Waals surface area contributed by atoms with Crippen molar-refractivity contribution in [3.63, 3.8) is 0 Å². The Bertz CT molecular complexity index is 518. The topological polar surface area (TPSA) is 66.8 Å². The van der Waals surface area contributed by atoms with E-state index in [9.17, 15) is 15.0 Å². The van der Waals surface area contributed by atoms with E-state index in [4.69, 9.17) is 4.74 Å². The zero-order valence-electron chi connectivity index (χ0n) is 11.6. The van der Waals surface area contributed by atoms with Crippen molar-refractivity contribution in [1.29, 1.82) is 0 Å². The number of aliphatic hydroxyl groups excluding tert-OH is 1. The first-order valence-electron chi connectivity index (χ1n) is 6.79. The Morgan fingerprint density at radius 1 is 1.42 bits per heavy atom. The van der Waals surface area contributed by atoms with Crippen molar-refractivity contribution in [2.45, 2.75) is 51.9 Å². The summed E-state index contributed by atoms with van der Waals surface area (Å²) in [6.07, 6.45) is 3.05. The molecule has 1 saturated carbocycles. The van der Waals surface area contributed by atoms with Gasteiger partial charge in [0.2, 0.25) is 5.79 Å². The van der Waals surface area contributed by atoms with Crippen molar-refractivity contribution < 1.29 is 19.7 Å². The predicted molar refractivity (Wildman–Crippen MR) is 69.0 cm³/mol. The Hall–Kier alpha value is -1.13. The fourth-order valence-corrected chi connectivity index (χ4v) is 3.85. The minimum atomic E-state index is -1.50. The molecule has 1 heterocycles. The maximum Gasteiger partial charge on any atom is 0.336 e. The molecule has 0 aromatic carbocycles. The summed E-state index contributed by atoms with van der Waals surface area (Å²) in [7, 11) is 0. The molecular weight excluding hydrogens is 244 g/mol. The summed E-state index contributed by atoms with van der Waals surface area (Å²) in [6, 6.07) is 0. The third-order valence-corrected chi connectivity index (χ3v) is 5.38. The van der Waals surface area contributed by atoms with Gasteiger partial charge in [-0.1, -0.05) is 18.6 Å². The Balaban J connectivity index is 2.09. The van der Waals surface area contributed by atoms with Crippen molar-refractivity contribution in [1.82, 2.24) is 0 Å². The molecule has 4 heteroatoms. The fraction of sp³-hybridized carbons (Fsp3) is 0.667. The molecule has 1 aliphatic heterocycles. The van der Waals surface area contributed by atoms with Crippen LogP contribution in [-0.4, -0.2) is 28.1 Å². The van der Waals surface area contributed by atoms with Gasteiger partial charge in [0.15, 0.2) is 0 Å². The number of hydrogen-bond acceptors (Lipinski definition) is 4. The van der Waals surface area contributed by atoms with E-state index in [2.05, 4.69) is 19.9 Å². The van der Waals surface area contributed by atoms with Crippen LogP contribution in [0.1, 0.15) is 40.0 Å². The largest absolute Gasteiger partial charge is 0.426 e. The van der Waals surface area contributed by atoms with Crippen LogP contribution in [0.3, 0.4) is 0 Å². The van der Waals surface area contributed by atoms with Crippen LogP contribution in [0.15, 0.2) is 22.8 Å². The molecule has 3 aliphatic rings. The second-order valence-electron chi connectivity index (χ2n) is 6.37. The predicted octanol–water partition coefficient (Wildman–Crippen LogP) is 1.68. The zero-order valence-corrected chi connectivity index (χ0v) is 11.6. The van der Waals surface area contributed by atoms with Gasteiger partial charge in [0, 0.05) is 23.5 Å².